The number of rotatable bonds is 3. The third-order valence-electron chi connectivity index (χ3n) is 2.34. The van der Waals surface area contributed by atoms with Crippen molar-refractivity contribution in [2.75, 3.05) is 5.32 Å². The van der Waals surface area contributed by atoms with E-state index in [2.05, 4.69) is 11.4 Å². The molecule has 1 amide bonds. The Morgan fingerprint density at radius 1 is 1.05 bits per heavy atom. The molecule has 0 atom stereocenters. The number of hydrogen-bond donors (Lipinski definition) is 1. The Hall–Kier alpha value is -2.62. The van der Waals surface area contributed by atoms with Crippen LogP contribution in [-0.2, 0) is 4.79 Å². The Labute approximate surface area is 111 Å². The summed E-state index contributed by atoms with van der Waals surface area (Å²) in [5, 5.41) is 2.63. The summed E-state index contributed by atoms with van der Waals surface area (Å²) in [6.45, 7) is 1.43. The monoisotopic (exact) mass is 254 g/mol. The largest absolute Gasteiger partial charge is 0.423 e. The zero-order valence-corrected chi connectivity index (χ0v) is 10.3. The molecular formula is C15H12NO3. The van der Waals surface area contributed by atoms with Gasteiger partial charge in [-0.15, -0.1) is 0 Å². The fourth-order valence-corrected chi connectivity index (χ4v) is 1.50. The molecule has 95 valence electrons. The van der Waals surface area contributed by atoms with Crippen LogP contribution in [0.4, 0.5) is 5.69 Å². The van der Waals surface area contributed by atoms with E-state index in [1.807, 2.05) is 0 Å². The third-order valence-corrected chi connectivity index (χ3v) is 2.34. The van der Waals surface area contributed by atoms with Crippen molar-refractivity contribution in [1.82, 2.24) is 0 Å². The molecule has 19 heavy (non-hydrogen) atoms. The van der Waals surface area contributed by atoms with E-state index in [9.17, 15) is 9.59 Å². The van der Waals surface area contributed by atoms with Crippen molar-refractivity contribution in [3.8, 4) is 5.75 Å². The Morgan fingerprint density at radius 3 is 2.26 bits per heavy atom. The highest BCUT2D eigenvalue weighted by Crippen LogP contribution is 2.17. The quantitative estimate of drug-likeness (QED) is 0.676. The Balaban J connectivity index is 2.04. The van der Waals surface area contributed by atoms with E-state index in [1.165, 1.54) is 6.92 Å². The zero-order chi connectivity index (χ0) is 13.7. The fourth-order valence-electron chi connectivity index (χ4n) is 1.50. The minimum atomic E-state index is -0.429. The lowest BCUT2D eigenvalue weighted by Crippen LogP contribution is -2.08. The van der Waals surface area contributed by atoms with E-state index < -0.39 is 5.97 Å². The van der Waals surface area contributed by atoms with Crippen LogP contribution in [0.2, 0.25) is 0 Å². The van der Waals surface area contributed by atoms with Gasteiger partial charge in [-0.2, -0.15) is 0 Å². The summed E-state index contributed by atoms with van der Waals surface area (Å²) >= 11 is 0. The second-order valence-corrected chi connectivity index (χ2v) is 3.88. The third kappa shape index (κ3) is 3.67. The maximum Gasteiger partial charge on any atom is 0.343 e. The second-order valence-electron chi connectivity index (χ2n) is 3.88. The van der Waals surface area contributed by atoms with Crippen LogP contribution in [0.25, 0.3) is 0 Å². The first kappa shape index (κ1) is 12.8. The lowest BCUT2D eigenvalue weighted by molar-refractivity contribution is -0.114. The number of hydrogen-bond acceptors (Lipinski definition) is 3. The van der Waals surface area contributed by atoms with Crippen LogP contribution >= 0.6 is 0 Å². The molecule has 1 N–H and O–H groups in total. The molecule has 4 heteroatoms. The second kappa shape index (κ2) is 5.82. The molecule has 2 aromatic carbocycles. The maximum atomic E-state index is 11.8. The van der Waals surface area contributed by atoms with Gasteiger partial charge in [0.05, 0.1) is 5.56 Å². The van der Waals surface area contributed by atoms with Gasteiger partial charge in [-0.25, -0.2) is 4.79 Å². The number of nitrogens with one attached hydrogen (secondary N) is 1. The smallest absolute Gasteiger partial charge is 0.343 e. The van der Waals surface area contributed by atoms with Crippen LogP contribution in [0.5, 0.6) is 5.75 Å². The van der Waals surface area contributed by atoms with Gasteiger partial charge in [0.25, 0.3) is 0 Å². The number of amides is 1. The lowest BCUT2D eigenvalue weighted by Gasteiger charge is -2.06. The molecule has 0 bridgehead atoms. The summed E-state index contributed by atoms with van der Waals surface area (Å²) in [5.74, 6) is -0.154. The molecule has 4 nitrogen and oxygen atoms in total. The standard InChI is InChI=1S/C15H12NO3/c1-11(17)16-13-7-9-14(10-8-13)19-15(18)12-5-3-2-4-6-12/h3-10H,1H3,(H,16,17). The number of benzene rings is 2. The number of anilines is 1. The van der Waals surface area contributed by atoms with Crippen LogP contribution in [0.15, 0.2) is 48.5 Å². The number of carbonyl (C=O) groups excluding carboxylic acids is 2. The van der Waals surface area contributed by atoms with Crippen molar-refractivity contribution < 1.29 is 14.3 Å². The number of ether oxygens (including phenoxy) is 1. The zero-order valence-electron chi connectivity index (χ0n) is 10.3. The predicted octanol–water partition coefficient (Wildman–Crippen LogP) is 2.66. The van der Waals surface area contributed by atoms with E-state index >= 15 is 0 Å². The number of carbonyl (C=O) groups is 2. The first-order valence-corrected chi connectivity index (χ1v) is 5.71. The van der Waals surface area contributed by atoms with E-state index in [4.69, 9.17) is 4.74 Å². The molecule has 0 aromatic heterocycles. The minimum Gasteiger partial charge on any atom is -0.423 e. The molecule has 0 aliphatic carbocycles. The predicted molar refractivity (Wildman–Crippen MR) is 71.0 cm³/mol. The van der Waals surface area contributed by atoms with Gasteiger partial charge in [-0.05, 0) is 42.5 Å². The first-order valence-electron chi connectivity index (χ1n) is 5.71. The first-order chi connectivity index (χ1) is 9.15. The molecule has 0 spiro atoms. The summed E-state index contributed by atoms with van der Waals surface area (Å²) in [7, 11) is 0. The molecular weight excluding hydrogens is 242 g/mol. The van der Waals surface area contributed by atoms with E-state index in [0.717, 1.165) is 0 Å². The van der Waals surface area contributed by atoms with Gasteiger partial charge in [0, 0.05) is 12.6 Å². The van der Waals surface area contributed by atoms with Crippen molar-refractivity contribution in [3.63, 3.8) is 0 Å². The lowest BCUT2D eigenvalue weighted by atomic mass is 10.2. The van der Waals surface area contributed by atoms with Crippen LogP contribution in [0.3, 0.4) is 0 Å². The average molecular weight is 254 g/mol. The normalized spacial score (nSPS) is 9.74. The minimum absolute atomic E-state index is 0.148. The van der Waals surface area contributed by atoms with E-state index in [0.29, 0.717) is 17.0 Å². The van der Waals surface area contributed by atoms with Gasteiger partial charge in [-0.1, -0.05) is 12.1 Å². The van der Waals surface area contributed by atoms with Gasteiger partial charge < -0.3 is 10.1 Å². The highest BCUT2D eigenvalue weighted by Gasteiger charge is 2.07. The van der Waals surface area contributed by atoms with Crippen LogP contribution in [0.1, 0.15) is 17.3 Å². The van der Waals surface area contributed by atoms with Crippen molar-refractivity contribution in [2.45, 2.75) is 6.92 Å². The summed E-state index contributed by atoms with van der Waals surface area (Å²) in [5.41, 5.74) is 1.12. The van der Waals surface area contributed by atoms with Gasteiger partial charge >= 0.3 is 5.97 Å². The van der Waals surface area contributed by atoms with Crippen LogP contribution < -0.4 is 10.1 Å². The Kier molecular flexibility index (Phi) is 3.93. The summed E-state index contributed by atoms with van der Waals surface area (Å²) in [6.07, 6.45) is 0. The van der Waals surface area contributed by atoms with Crippen LogP contribution in [0, 0.1) is 6.07 Å². The van der Waals surface area contributed by atoms with Crippen molar-refractivity contribution in [1.29, 1.82) is 0 Å². The summed E-state index contributed by atoms with van der Waals surface area (Å²) < 4.78 is 5.19. The van der Waals surface area contributed by atoms with E-state index in [1.54, 1.807) is 48.5 Å². The maximum absolute atomic E-state index is 11.8. The Morgan fingerprint density at radius 2 is 1.68 bits per heavy atom. The molecule has 0 saturated heterocycles. The molecule has 1 radical (unpaired) electrons. The van der Waals surface area contributed by atoms with Gasteiger partial charge in [0.1, 0.15) is 5.75 Å². The van der Waals surface area contributed by atoms with Gasteiger partial charge in [-0.3, -0.25) is 4.79 Å². The van der Waals surface area contributed by atoms with Crippen LogP contribution in [-0.4, -0.2) is 11.9 Å². The molecule has 0 unspecified atom stereocenters. The van der Waals surface area contributed by atoms with Gasteiger partial charge in [0.15, 0.2) is 0 Å². The van der Waals surface area contributed by atoms with E-state index in [-0.39, 0.29) is 5.91 Å². The SMILES string of the molecule is CC(=O)Nc1ccc(OC(=O)c2cc[c]cc2)cc1. The van der Waals surface area contributed by atoms with Gasteiger partial charge in [0.2, 0.25) is 5.91 Å². The van der Waals surface area contributed by atoms with Crippen molar-refractivity contribution in [3.05, 3.63) is 60.2 Å². The highest BCUT2D eigenvalue weighted by atomic mass is 16.5. The van der Waals surface area contributed by atoms with Crippen molar-refractivity contribution in [2.24, 2.45) is 0 Å². The molecule has 2 rings (SSSR count). The summed E-state index contributed by atoms with van der Waals surface area (Å²) in [4.78, 5) is 22.6. The molecule has 0 aliphatic rings. The molecule has 0 saturated carbocycles. The highest BCUT2D eigenvalue weighted by molar-refractivity contribution is 5.91. The topological polar surface area (TPSA) is 55.4 Å². The molecule has 0 aliphatic heterocycles. The molecule has 0 heterocycles. The molecule has 0 fully saturated rings. The van der Waals surface area contributed by atoms with Crippen molar-refractivity contribution >= 4 is 17.6 Å². The Bertz CT molecular complexity index is 576. The average Bonchev–Trinajstić information content (AvgIpc) is 2.41. The summed E-state index contributed by atoms with van der Waals surface area (Å²) in [6, 6.07) is 16.0. The number of esters is 1. The molecule has 2 aromatic rings. The fraction of sp³-hybridized carbons (Fsp3) is 0.0667.